The zero-order valence-corrected chi connectivity index (χ0v) is 10.7. The number of hydrogen-bond donors (Lipinski definition) is 1. The van der Waals surface area contributed by atoms with E-state index >= 15 is 0 Å². The predicted octanol–water partition coefficient (Wildman–Crippen LogP) is 1.63. The highest BCUT2D eigenvalue weighted by molar-refractivity contribution is 5.02. The van der Waals surface area contributed by atoms with Crippen molar-refractivity contribution < 1.29 is 0 Å². The average molecular weight is 224 g/mol. The number of aromatic nitrogens is 2. The monoisotopic (exact) mass is 224 g/mol. The summed E-state index contributed by atoms with van der Waals surface area (Å²) in [6, 6.07) is 0.0657. The summed E-state index contributed by atoms with van der Waals surface area (Å²) in [6.07, 6.45) is 4.89. The van der Waals surface area contributed by atoms with Gasteiger partial charge in [0.1, 0.15) is 0 Å². The molecule has 0 spiro atoms. The fourth-order valence-electron chi connectivity index (χ4n) is 1.90. The first kappa shape index (κ1) is 13.2. The normalized spacial score (nSPS) is 13.3. The van der Waals surface area contributed by atoms with Crippen LogP contribution in [0, 0.1) is 0 Å². The topological polar surface area (TPSA) is 47.1 Å². The van der Waals surface area contributed by atoms with Crippen LogP contribution in [0.1, 0.15) is 38.9 Å². The summed E-state index contributed by atoms with van der Waals surface area (Å²) in [6.45, 7) is 10.8. The Balaban J connectivity index is 2.39. The molecule has 1 aromatic rings. The molecule has 0 saturated heterocycles. The van der Waals surface area contributed by atoms with E-state index in [1.807, 2.05) is 19.4 Å². The van der Waals surface area contributed by atoms with E-state index in [1.54, 1.807) is 0 Å². The quantitative estimate of drug-likeness (QED) is 0.766. The van der Waals surface area contributed by atoms with Gasteiger partial charge in [-0.05, 0) is 33.0 Å². The Kier molecular flexibility index (Phi) is 5.49. The van der Waals surface area contributed by atoms with Crippen LogP contribution in [0.3, 0.4) is 0 Å². The largest absolute Gasteiger partial charge is 0.333 e. The van der Waals surface area contributed by atoms with E-state index in [1.165, 1.54) is 0 Å². The van der Waals surface area contributed by atoms with Crippen molar-refractivity contribution in [2.75, 3.05) is 19.6 Å². The van der Waals surface area contributed by atoms with Crippen molar-refractivity contribution in [1.82, 2.24) is 14.5 Å². The second-order valence-electron chi connectivity index (χ2n) is 4.18. The van der Waals surface area contributed by atoms with Gasteiger partial charge in [-0.3, -0.25) is 0 Å². The molecule has 4 heteroatoms. The van der Waals surface area contributed by atoms with Crippen molar-refractivity contribution in [3.63, 3.8) is 0 Å². The maximum Gasteiger partial charge on any atom is 0.0948 e. The van der Waals surface area contributed by atoms with E-state index in [-0.39, 0.29) is 6.04 Å². The van der Waals surface area contributed by atoms with Gasteiger partial charge in [-0.1, -0.05) is 13.8 Å². The lowest BCUT2D eigenvalue weighted by Gasteiger charge is -2.18. The molecule has 0 aliphatic rings. The molecule has 0 aliphatic heterocycles. The summed E-state index contributed by atoms with van der Waals surface area (Å²) in [5, 5.41) is 0. The lowest BCUT2D eigenvalue weighted by molar-refractivity contribution is 0.292. The molecule has 0 fully saturated rings. The van der Waals surface area contributed by atoms with Gasteiger partial charge in [0.05, 0.1) is 12.0 Å². The smallest absolute Gasteiger partial charge is 0.0948 e. The second-order valence-corrected chi connectivity index (χ2v) is 4.18. The van der Waals surface area contributed by atoms with Gasteiger partial charge in [0.25, 0.3) is 0 Å². The molecule has 0 aromatic carbocycles. The molecule has 1 atom stereocenters. The highest BCUT2D eigenvalue weighted by Gasteiger charge is 2.06. The van der Waals surface area contributed by atoms with Crippen LogP contribution in [0.25, 0.3) is 0 Å². The molecule has 0 amide bonds. The lowest BCUT2D eigenvalue weighted by atomic mass is 10.2. The molecule has 1 heterocycles. The molecule has 1 rings (SSSR count). The standard InChI is InChI=1S/C12H24N4/c1-4-15(5-2)7-6-8-16-10-14-9-12(16)11(3)13/h9-11H,4-8,13H2,1-3H3/t11-/m1/s1. The Bertz CT molecular complexity index is 289. The molecule has 0 radical (unpaired) electrons. The van der Waals surface area contributed by atoms with Crippen molar-refractivity contribution in [3.8, 4) is 0 Å². The summed E-state index contributed by atoms with van der Waals surface area (Å²) in [5.74, 6) is 0. The molecular weight excluding hydrogens is 200 g/mol. The van der Waals surface area contributed by atoms with Gasteiger partial charge >= 0.3 is 0 Å². The van der Waals surface area contributed by atoms with Crippen LogP contribution in [0.2, 0.25) is 0 Å². The molecule has 2 N–H and O–H groups in total. The number of aryl methyl sites for hydroxylation is 1. The van der Waals surface area contributed by atoms with Gasteiger partial charge in [-0.25, -0.2) is 4.98 Å². The molecule has 0 saturated carbocycles. The van der Waals surface area contributed by atoms with E-state index in [2.05, 4.69) is 28.3 Å². The lowest BCUT2D eigenvalue weighted by Crippen LogP contribution is -2.25. The van der Waals surface area contributed by atoms with Crippen LogP contribution in [0.15, 0.2) is 12.5 Å². The fourth-order valence-corrected chi connectivity index (χ4v) is 1.90. The number of rotatable bonds is 7. The number of imidazole rings is 1. The van der Waals surface area contributed by atoms with E-state index < -0.39 is 0 Å². The Morgan fingerprint density at radius 3 is 2.69 bits per heavy atom. The molecule has 92 valence electrons. The fraction of sp³-hybridized carbons (Fsp3) is 0.750. The maximum atomic E-state index is 5.87. The Morgan fingerprint density at radius 2 is 2.12 bits per heavy atom. The first-order valence-electron chi connectivity index (χ1n) is 6.17. The van der Waals surface area contributed by atoms with E-state index in [0.717, 1.165) is 38.3 Å². The third kappa shape index (κ3) is 3.61. The minimum Gasteiger partial charge on any atom is -0.333 e. The first-order valence-corrected chi connectivity index (χ1v) is 6.17. The number of hydrogen-bond acceptors (Lipinski definition) is 3. The van der Waals surface area contributed by atoms with Crippen molar-refractivity contribution in [2.24, 2.45) is 5.73 Å². The first-order chi connectivity index (χ1) is 7.69. The summed E-state index contributed by atoms with van der Waals surface area (Å²) in [5.41, 5.74) is 7.00. The van der Waals surface area contributed by atoms with Crippen molar-refractivity contribution >= 4 is 0 Å². The predicted molar refractivity (Wildman–Crippen MR) is 67.2 cm³/mol. The molecule has 1 aromatic heterocycles. The summed E-state index contributed by atoms with van der Waals surface area (Å²) < 4.78 is 2.16. The summed E-state index contributed by atoms with van der Waals surface area (Å²) >= 11 is 0. The number of nitrogens with zero attached hydrogens (tertiary/aromatic N) is 3. The molecule has 4 nitrogen and oxygen atoms in total. The Labute approximate surface area is 98.5 Å². The van der Waals surface area contributed by atoms with E-state index in [9.17, 15) is 0 Å². The van der Waals surface area contributed by atoms with E-state index in [0.29, 0.717) is 0 Å². The highest BCUT2D eigenvalue weighted by Crippen LogP contribution is 2.09. The van der Waals surface area contributed by atoms with Crippen LogP contribution < -0.4 is 5.73 Å². The van der Waals surface area contributed by atoms with Crippen molar-refractivity contribution in [3.05, 3.63) is 18.2 Å². The van der Waals surface area contributed by atoms with Crippen LogP contribution in [-0.4, -0.2) is 34.1 Å². The van der Waals surface area contributed by atoms with Crippen molar-refractivity contribution in [1.29, 1.82) is 0 Å². The minimum absolute atomic E-state index is 0.0657. The molecular formula is C12H24N4. The van der Waals surface area contributed by atoms with Gasteiger partial charge in [0.2, 0.25) is 0 Å². The van der Waals surface area contributed by atoms with Crippen LogP contribution in [-0.2, 0) is 6.54 Å². The van der Waals surface area contributed by atoms with Gasteiger partial charge in [0.15, 0.2) is 0 Å². The third-order valence-corrected chi connectivity index (χ3v) is 2.98. The summed E-state index contributed by atoms with van der Waals surface area (Å²) in [7, 11) is 0. The zero-order chi connectivity index (χ0) is 12.0. The molecule has 0 unspecified atom stereocenters. The van der Waals surface area contributed by atoms with Gasteiger partial charge < -0.3 is 15.2 Å². The van der Waals surface area contributed by atoms with Crippen molar-refractivity contribution in [2.45, 2.75) is 39.8 Å². The Hall–Kier alpha value is -0.870. The highest BCUT2D eigenvalue weighted by atomic mass is 15.1. The maximum absolute atomic E-state index is 5.87. The number of nitrogens with two attached hydrogens (primary N) is 1. The molecule has 0 aliphatic carbocycles. The van der Waals surface area contributed by atoms with Gasteiger partial charge in [-0.2, -0.15) is 0 Å². The molecule has 0 bridgehead atoms. The third-order valence-electron chi connectivity index (χ3n) is 2.98. The van der Waals surface area contributed by atoms with Crippen LogP contribution in [0.4, 0.5) is 0 Å². The van der Waals surface area contributed by atoms with E-state index in [4.69, 9.17) is 5.73 Å². The van der Waals surface area contributed by atoms with Gasteiger partial charge in [0, 0.05) is 18.8 Å². The SMILES string of the molecule is CCN(CC)CCCn1cncc1[C@@H](C)N. The molecule has 16 heavy (non-hydrogen) atoms. The minimum atomic E-state index is 0.0657. The van der Waals surface area contributed by atoms with Crippen LogP contribution >= 0.6 is 0 Å². The Morgan fingerprint density at radius 1 is 1.44 bits per heavy atom. The van der Waals surface area contributed by atoms with Crippen LogP contribution in [0.5, 0.6) is 0 Å². The zero-order valence-electron chi connectivity index (χ0n) is 10.7. The van der Waals surface area contributed by atoms with Gasteiger partial charge in [-0.15, -0.1) is 0 Å². The second kappa shape index (κ2) is 6.66. The summed E-state index contributed by atoms with van der Waals surface area (Å²) in [4.78, 5) is 6.58. The average Bonchev–Trinajstić information content (AvgIpc) is 2.72.